The van der Waals surface area contributed by atoms with Gasteiger partial charge >= 0.3 is 6.36 Å². The molecule has 0 bridgehead atoms. The van der Waals surface area contributed by atoms with Crippen LogP contribution in [-0.2, 0) is 5.33 Å². The fraction of sp³-hybridized carbons (Fsp3) is 0.375. The Balaban J connectivity index is 3.32. The highest BCUT2D eigenvalue weighted by atomic mass is 79.9. The molecule has 1 aromatic heterocycles. The summed E-state index contributed by atoms with van der Waals surface area (Å²) in [6.07, 6.45) is -8.22. The molecule has 1 heterocycles. The average Bonchev–Trinajstić information content (AvgIpc) is 2.17. The first-order valence-corrected chi connectivity index (χ1v) is 5.53. The van der Waals surface area contributed by atoms with Crippen LogP contribution < -0.4 is 4.74 Å². The Morgan fingerprint density at radius 2 is 2.00 bits per heavy atom. The molecule has 17 heavy (non-hydrogen) atoms. The molecule has 1 rings (SSSR count). The fourth-order valence-corrected chi connectivity index (χ4v) is 1.66. The van der Waals surface area contributed by atoms with Crippen molar-refractivity contribution in [1.82, 2.24) is 4.98 Å². The Bertz CT molecular complexity index is 412. The van der Waals surface area contributed by atoms with Crippen LogP contribution in [0.2, 0.25) is 5.15 Å². The standard InChI is InChI=1S/C8H4BrClF5NO/c9-2-4-6(17-8(13,14)15)3(7(11)12)1-5(10)16-4/h1,7H,2H2. The van der Waals surface area contributed by atoms with E-state index in [0.29, 0.717) is 6.07 Å². The molecule has 0 atom stereocenters. The normalized spacial score (nSPS) is 12.0. The topological polar surface area (TPSA) is 22.1 Å². The maximum Gasteiger partial charge on any atom is 0.573 e. The summed E-state index contributed by atoms with van der Waals surface area (Å²) in [5.41, 5.74) is -1.29. The van der Waals surface area contributed by atoms with E-state index in [-0.39, 0.29) is 16.2 Å². The van der Waals surface area contributed by atoms with Gasteiger partial charge in [-0.25, -0.2) is 13.8 Å². The van der Waals surface area contributed by atoms with Gasteiger partial charge in [0.25, 0.3) is 6.43 Å². The van der Waals surface area contributed by atoms with Crippen molar-refractivity contribution in [3.63, 3.8) is 0 Å². The van der Waals surface area contributed by atoms with Crippen molar-refractivity contribution in [2.75, 3.05) is 0 Å². The number of aromatic nitrogens is 1. The minimum absolute atomic E-state index is 0.196. The third-order valence-electron chi connectivity index (χ3n) is 1.62. The van der Waals surface area contributed by atoms with Gasteiger partial charge in [-0.2, -0.15) is 0 Å². The average molecular weight is 340 g/mol. The van der Waals surface area contributed by atoms with E-state index in [1.807, 2.05) is 0 Å². The van der Waals surface area contributed by atoms with Gasteiger partial charge in [0.2, 0.25) is 0 Å². The first-order chi connectivity index (χ1) is 7.74. The van der Waals surface area contributed by atoms with Gasteiger partial charge in [-0.05, 0) is 6.07 Å². The van der Waals surface area contributed by atoms with Gasteiger partial charge in [0.05, 0.1) is 11.3 Å². The fourth-order valence-electron chi connectivity index (χ4n) is 1.06. The van der Waals surface area contributed by atoms with Crippen LogP contribution in [0.1, 0.15) is 17.7 Å². The van der Waals surface area contributed by atoms with Crippen molar-refractivity contribution in [3.8, 4) is 5.75 Å². The molecule has 0 N–H and O–H groups in total. The molecule has 0 aliphatic rings. The first kappa shape index (κ1) is 14.4. The third-order valence-corrected chi connectivity index (χ3v) is 2.34. The lowest BCUT2D eigenvalue weighted by atomic mass is 10.2. The zero-order chi connectivity index (χ0) is 13.2. The van der Waals surface area contributed by atoms with Gasteiger partial charge in [0, 0.05) is 5.33 Å². The van der Waals surface area contributed by atoms with E-state index in [1.165, 1.54) is 0 Å². The van der Waals surface area contributed by atoms with Crippen LogP contribution in [0.5, 0.6) is 5.75 Å². The van der Waals surface area contributed by atoms with Crippen molar-refractivity contribution >= 4 is 27.5 Å². The smallest absolute Gasteiger partial charge is 0.403 e. The minimum atomic E-state index is -5.07. The van der Waals surface area contributed by atoms with Gasteiger partial charge < -0.3 is 4.74 Å². The Kier molecular flexibility index (Phi) is 4.54. The number of ether oxygens (including phenoxy) is 1. The van der Waals surface area contributed by atoms with Crippen molar-refractivity contribution in [3.05, 3.63) is 22.5 Å². The molecule has 0 aliphatic carbocycles. The number of halogens is 7. The largest absolute Gasteiger partial charge is 0.573 e. The zero-order valence-corrected chi connectivity index (χ0v) is 10.2. The highest BCUT2D eigenvalue weighted by molar-refractivity contribution is 9.08. The number of pyridine rings is 1. The summed E-state index contributed by atoms with van der Waals surface area (Å²) in [7, 11) is 0. The highest BCUT2D eigenvalue weighted by Gasteiger charge is 2.35. The highest BCUT2D eigenvalue weighted by Crippen LogP contribution is 2.37. The maximum absolute atomic E-state index is 12.5. The monoisotopic (exact) mass is 339 g/mol. The van der Waals surface area contributed by atoms with Crippen LogP contribution in [0.3, 0.4) is 0 Å². The molecule has 96 valence electrons. The lowest BCUT2D eigenvalue weighted by molar-refractivity contribution is -0.275. The number of rotatable bonds is 3. The molecule has 0 saturated heterocycles. The molecule has 0 spiro atoms. The Labute approximate surface area is 106 Å². The molecular formula is C8H4BrClF5NO. The summed E-state index contributed by atoms with van der Waals surface area (Å²) >= 11 is 8.23. The summed E-state index contributed by atoms with van der Waals surface area (Å²) in [5, 5.41) is -0.525. The van der Waals surface area contributed by atoms with Crippen LogP contribution in [0.4, 0.5) is 22.0 Å². The van der Waals surface area contributed by atoms with E-state index in [0.717, 1.165) is 0 Å². The van der Waals surface area contributed by atoms with Gasteiger partial charge in [0.15, 0.2) is 5.75 Å². The maximum atomic E-state index is 12.5. The molecular weight excluding hydrogens is 336 g/mol. The van der Waals surface area contributed by atoms with Crippen molar-refractivity contribution in [2.45, 2.75) is 18.1 Å². The van der Waals surface area contributed by atoms with Crippen LogP contribution >= 0.6 is 27.5 Å². The molecule has 0 saturated carbocycles. The summed E-state index contributed by atoms with van der Waals surface area (Å²) in [6.45, 7) is 0. The van der Waals surface area contributed by atoms with Gasteiger partial charge in [-0.3, -0.25) is 0 Å². The van der Waals surface area contributed by atoms with E-state index < -0.39 is 24.1 Å². The number of alkyl halides is 6. The molecule has 0 radical (unpaired) electrons. The van der Waals surface area contributed by atoms with Crippen LogP contribution in [0.15, 0.2) is 6.07 Å². The van der Waals surface area contributed by atoms with E-state index in [2.05, 4.69) is 25.7 Å². The van der Waals surface area contributed by atoms with E-state index in [4.69, 9.17) is 11.6 Å². The van der Waals surface area contributed by atoms with E-state index >= 15 is 0 Å². The van der Waals surface area contributed by atoms with Crippen LogP contribution in [0.25, 0.3) is 0 Å². The van der Waals surface area contributed by atoms with Crippen LogP contribution in [-0.4, -0.2) is 11.3 Å². The summed E-state index contributed by atoms with van der Waals surface area (Å²) in [6, 6.07) is 0.638. The quantitative estimate of drug-likeness (QED) is 0.460. The lowest BCUT2D eigenvalue weighted by Crippen LogP contribution is -2.19. The number of hydrogen-bond donors (Lipinski definition) is 0. The Hall–Kier alpha value is -0.630. The number of nitrogens with zero attached hydrogens (tertiary/aromatic N) is 1. The zero-order valence-electron chi connectivity index (χ0n) is 7.86. The second-order valence-corrected chi connectivity index (χ2v) is 3.74. The predicted octanol–water partition coefficient (Wildman–Crippen LogP) is 4.47. The van der Waals surface area contributed by atoms with Gasteiger partial charge in [0.1, 0.15) is 5.15 Å². The minimum Gasteiger partial charge on any atom is -0.403 e. The molecule has 1 aromatic rings. The van der Waals surface area contributed by atoms with Crippen molar-refractivity contribution in [1.29, 1.82) is 0 Å². The molecule has 0 amide bonds. The molecule has 9 heteroatoms. The van der Waals surface area contributed by atoms with Crippen LogP contribution in [0, 0.1) is 0 Å². The van der Waals surface area contributed by atoms with Gasteiger partial charge in [-0.15, -0.1) is 13.2 Å². The number of hydrogen-bond acceptors (Lipinski definition) is 2. The summed E-state index contributed by atoms with van der Waals surface area (Å²) in [5.74, 6) is -1.02. The predicted molar refractivity (Wildman–Crippen MR) is 53.5 cm³/mol. The van der Waals surface area contributed by atoms with Gasteiger partial charge in [-0.1, -0.05) is 27.5 Å². The second-order valence-electron chi connectivity index (χ2n) is 2.79. The summed E-state index contributed by atoms with van der Waals surface area (Å²) < 4.78 is 64.8. The van der Waals surface area contributed by atoms with Crippen molar-refractivity contribution < 1.29 is 26.7 Å². The first-order valence-electron chi connectivity index (χ1n) is 4.03. The Morgan fingerprint density at radius 3 is 2.41 bits per heavy atom. The molecule has 0 unspecified atom stereocenters. The summed E-state index contributed by atoms with van der Waals surface area (Å²) in [4.78, 5) is 3.48. The van der Waals surface area contributed by atoms with Crippen molar-refractivity contribution in [2.24, 2.45) is 0 Å². The molecule has 2 nitrogen and oxygen atoms in total. The molecule has 0 aromatic carbocycles. The second kappa shape index (κ2) is 5.34. The van der Waals surface area contributed by atoms with E-state index in [1.54, 1.807) is 0 Å². The molecule has 0 fully saturated rings. The lowest BCUT2D eigenvalue weighted by Gasteiger charge is -2.15. The SMILES string of the molecule is FC(F)c1cc(Cl)nc(CBr)c1OC(F)(F)F. The third kappa shape index (κ3) is 3.95. The Morgan fingerprint density at radius 1 is 1.41 bits per heavy atom. The molecule has 0 aliphatic heterocycles. The van der Waals surface area contributed by atoms with E-state index in [9.17, 15) is 22.0 Å².